The lowest BCUT2D eigenvalue weighted by molar-refractivity contribution is -0.119. The quantitative estimate of drug-likeness (QED) is 0.404. The minimum Gasteiger partial charge on any atom is -0.478 e. The molecule has 2 aromatic carbocycles. The minimum absolute atomic E-state index is 0.116. The number of nitrogens with two attached hydrogens (primary N) is 1. The predicted octanol–water partition coefficient (Wildman–Crippen LogP) is 3.80. The Kier molecular flexibility index (Phi) is 6.24. The Hall–Kier alpha value is -3.93. The molecule has 0 radical (unpaired) electrons. The fraction of sp³-hybridized carbons (Fsp3) is 0.182. The summed E-state index contributed by atoms with van der Waals surface area (Å²) < 4.78 is 15.6. The summed E-state index contributed by atoms with van der Waals surface area (Å²) in [7, 11) is 0. The van der Waals surface area contributed by atoms with Crippen LogP contribution in [-0.2, 0) is 4.79 Å². The van der Waals surface area contributed by atoms with Crippen LogP contribution in [-0.4, -0.2) is 51.1 Å². The monoisotopic (exact) mass is 531 g/mol. The number of hydrogen-bond donors (Lipinski definition) is 4. The van der Waals surface area contributed by atoms with Crippen LogP contribution >= 0.6 is 15.9 Å². The van der Waals surface area contributed by atoms with Crippen molar-refractivity contribution < 1.29 is 28.7 Å². The highest BCUT2D eigenvalue weighted by Gasteiger charge is 2.35. The Morgan fingerprint density at radius 2 is 1.85 bits per heavy atom. The highest BCUT2D eigenvalue weighted by atomic mass is 79.9. The molecular weight excluding hydrogens is 513 g/mol. The van der Waals surface area contributed by atoms with Crippen LogP contribution in [0.3, 0.4) is 0 Å². The lowest BCUT2D eigenvalue weighted by atomic mass is 10.1. The fourth-order valence-electron chi connectivity index (χ4n) is 3.95. The van der Waals surface area contributed by atoms with Crippen LogP contribution in [0.15, 0.2) is 47.1 Å². The molecule has 2 heterocycles. The molecule has 10 nitrogen and oxygen atoms in total. The molecule has 0 unspecified atom stereocenters. The standard InChI is InChI=1S/C22H19BrFN5O5/c23-13-8-11(20(31)32)9-14(18(13)24)26-19(30)17-6-3-7-28(17)22(34)27-15-10-29(21(25)33)16-5-2-1-4-12(15)16/h1-2,4-5,8-10,17H,3,6-7H2,(H2,25,33)(H,26,30)(H,27,34)(H,31,32)/t17-/m0/s1. The molecule has 1 aromatic heterocycles. The van der Waals surface area contributed by atoms with Crippen molar-refractivity contribution >= 4 is 62.1 Å². The van der Waals surface area contributed by atoms with E-state index in [1.807, 2.05) is 0 Å². The number of anilines is 2. The molecule has 0 aliphatic carbocycles. The second kappa shape index (κ2) is 9.14. The van der Waals surface area contributed by atoms with E-state index >= 15 is 0 Å². The number of amides is 4. The number of carboxylic acids is 1. The van der Waals surface area contributed by atoms with Crippen molar-refractivity contribution in [1.29, 1.82) is 0 Å². The fourth-order valence-corrected chi connectivity index (χ4v) is 4.41. The van der Waals surface area contributed by atoms with Gasteiger partial charge in [-0.25, -0.2) is 18.8 Å². The van der Waals surface area contributed by atoms with Crippen molar-refractivity contribution in [2.75, 3.05) is 17.2 Å². The van der Waals surface area contributed by atoms with Gasteiger partial charge >= 0.3 is 18.0 Å². The summed E-state index contributed by atoms with van der Waals surface area (Å²) in [6, 6.07) is 6.77. The summed E-state index contributed by atoms with van der Waals surface area (Å²) in [4.78, 5) is 50.2. The van der Waals surface area contributed by atoms with E-state index in [9.17, 15) is 28.7 Å². The SMILES string of the molecule is NC(=O)n1cc(NC(=O)N2CCC[C@H]2C(=O)Nc2cc(C(=O)O)cc(Br)c2F)c2ccccc21. The van der Waals surface area contributed by atoms with Crippen LogP contribution in [0.4, 0.5) is 25.4 Å². The molecule has 1 aliphatic rings. The van der Waals surface area contributed by atoms with E-state index in [1.54, 1.807) is 24.3 Å². The maximum Gasteiger partial charge on any atom is 0.335 e. The third-order valence-corrected chi connectivity index (χ3v) is 6.12. The van der Waals surface area contributed by atoms with Gasteiger partial charge in [-0.1, -0.05) is 18.2 Å². The number of halogens is 2. The molecule has 3 aromatic rings. The number of aromatic nitrogens is 1. The van der Waals surface area contributed by atoms with Crippen LogP contribution in [0.1, 0.15) is 23.2 Å². The van der Waals surface area contributed by atoms with E-state index in [1.165, 1.54) is 15.7 Å². The van der Waals surface area contributed by atoms with Gasteiger partial charge in [0.15, 0.2) is 5.82 Å². The lowest BCUT2D eigenvalue weighted by Crippen LogP contribution is -2.45. The number of carboxylic acid groups (broad SMARTS) is 1. The minimum atomic E-state index is -1.28. The summed E-state index contributed by atoms with van der Waals surface area (Å²) >= 11 is 2.94. The van der Waals surface area contributed by atoms with Crippen molar-refractivity contribution in [2.24, 2.45) is 5.73 Å². The van der Waals surface area contributed by atoms with Crippen LogP contribution in [0, 0.1) is 5.82 Å². The summed E-state index contributed by atoms with van der Waals surface area (Å²) in [6.07, 6.45) is 2.28. The molecule has 1 atom stereocenters. The van der Waals surface area contributed by atoms with Crippen molar-refractivity contribution in [3.05, 3.63) is 58.4 Å². The van der Waals surface area contributed by atoms with E-state index in [4.69, 9.17) is 5.73 Å². The average Bonchev–Trinajstić information content (AvgIpc) is 3.42. The molecule has 4 rings (SSSR count). The lowest BCUT2D eigenvalue weighted by Gasteiger charge is -2.24. The maximum absolute atomic E-state index is 14.5. The first-order valence-electron chi connectivity index (χ1n) is 10.2. The average molecular weight is 532 g/mol. The van der Waals surface area contributed by atoms with Gasteiger partial charge in [0.2, 0.25) is 5.91 Å². The van der Waals surface area contributed by atoms with Gasteiger partial charge in [0, 0.05) is 18.1 Å². The molecule has 1 fully saturated rings. The van der Waals surface area contributed by atoms with Crippen molar-refractivity contribution in [3.63, 3.8) is 0 Å². The number of carbonyl (C=O) groups is 4. The summed E-state index contributed by atoms with van der Waals surface area (Å²) in [6.45, 7) is 0.278. The Labute approximate surface area is 200 Å². The van der Waals surface area contributed by atoms with Crippen LogP contribution in [0.2, 0.25) is 0 Å². The molecule has 12 heteroatoms. The molecule has 5 N–H and O–H groups in total. The third-order valence-electron chi connectivity index (χ3n) is 5.54. The first-order valence-corrected chi connectivity index (χ1v) is 11.0. The molecule has 4 amide bonds. The van der Waals surface area contributed by atoms with Crippen molar-refractivity contribution in [3.8, 4) is 0 Å². The summed E-state index contributed by atoms with van der Waals surface area (Å²) in [5.41, 5.74) is 5.74. The predicted molar refractivity (Wildman–Crippen MR) is 125 cm³/mol. The number of likely N-dealkylation sites (tertiary alicyclic amines) is 1. The number of rotatable bonds is 4. The molecule has 0 spiro atoms. The van der Waals surface area contributed by atoms with E-state index in [-0.39, 0.29) is 22.3 Å². The van der Waals surface area contributed by atoms with E-state index in [2.05, 4.69) is 26.6 Å². The Morgan fingerprint density at radius 3 is 2.56 bits per heavy atom. The Morgan fingerprint density at radius 1 is 1.12 bits per heavy atom. The zero-order valence-electron chi connectivity index (χ0n) is 17.5. The highest BCUT2D eigenvalue weighted by Crippen LogP contribution is 2.29. The maximum atomic E-state index is 14.5. The second-order valence-corrected chi connectivity index (χ2v) is 8.52. The third kappa shape index (κ3) is 4.31. The van der Waals surface area contributed by atoms with Gasteiger partial charge in [-0.3, -0.25) is 9.36 Å². The molecule has 176 valence electrons. The molecule has 1 saturated heterocycles. The number of carbonyl (C=O) groups excluding carboxylic acids is 3. The number of para-hydroxylation sites is 1. The van der Waals surface area contributed by atoms with Gasteiger partial charge in [-0.2, -0.15) is 0 Å². The van der Waals surface area contributed by atoms with E-state index in [0.29, 0.717) is 29.4 Å². The highest BCUT2D eigenvalue weighted by molar-refractivity contribution is 9.10. The van der Waals surface area contributed by atoms with Gasteiger partial charge in [0.05, 0.1) is 26.9 Å². The number of primary amides is 1. The van der Waals surface area contributed by atoms with Crippen molar-refractivity contribution in [2.45, 2.75) is 18.9 Å². The number of fused-ring (bicyclic) bond motifs is 1. The molecule has 34 heavy (non-hydrogen) atoms. The Balaban J connectivity index is 1.55. The van der Waals surface area contributed by atoms with Gasteiger partial charge in [-0.15, -0.1) is 0 Å². The van der Waals surface area contributed by atoms with Crippen LogP contribution in [0.5, 0.6) is 0 Å². The zero-order valence-corrected chi connectivity index (χ0v) is 19.1. The number of benzene rings is 2. The smallest absolute Gasteiger partial charge is 0.335 e. The first-order chi connectivity index (χ1) is 16.2. The van der Waals surface area contributed by atoms with E-state index in [0.717, 1.165) is 12.1 Å². The Bertz CT molecular complexity index is 1340. The van der Waals surface area contributed by atoms with Gasteiger partial charge in [0.1, 0.15) is 6.04 Å². The molecule has 0 saturated carbocycles. The topological polar surface area (TPSA) is 147 Å². The largest absolute Gasteiger partial charge is 0.478 e. The van der Waals surface area contributed by atoms with Crippen LogP contribution < -0.4 is 16.4 Å². The number of urea groups is 1. The summed E-state index contributed by atoms with van der Waals surface area (Å²) in [5.74, 6) is -2.76. The number of nitrogens with zero attached hydrogens (tertiary/aromatic N) is 2. The number of nitrogens with one attached hydrogen (secondary N) is 2. The molecular formula is C22H19BrFN5O5. The molecule has 0 bridgehead atoms. The first kappa shape index (κ1) is 23.2. The van der Waals surface area contributed by atoms with Crippen molar-refractivity contribution in [1.82, 2.24) is 9.47 Å². The van der Waals surface area contributed by atoms with E-state index < -0.39 is 35.8 Å². The number of hydrogen-bond acceptors (Lipinski definition) is 4. The van der Waals surface area contributed by atoms with Gasteiger partial charge in [0.25, 0.3) is 0 Å². The van der Waals surface area contributed by atoms with Gasteiger partial charge < -0.3 is 26.4 Å². The normalized spacial score (nSPS) is 15.4. The van der Waals surface area contributed by atoms with Crippen LogP contribution in [0.25, 0.3) is 10.9 Å². The zero-order chi connectivity index (χ0) is 24.6. The molecule has 1 aliphatic heterocycles. The summed E-state index contributed by atoms with van der Waals surface area (Å²) in [5, 5.41) is 14.9. The second-order valence-electron chi connectivity index (χ2n) is 7.66. The number of aromatic carboxylic acids is 1. The van der Waals surface area contributed by atoms with Gasteiger partial charge in [-0.05, 0) is 47.0 Å².